The highest BCUT2D eigenvalue weighted by atomic mass is 16.3. The molecular formula is C23H30N4O2. The summed E-state index contributed by atoms with van der Waals surface area (Å²) < 4.78 is 0. The molecule has 1 aromatic carbocycles. The van der Waals surface area contributed by atoms with E-state index in [1.54, 1.807) is 13.0 Å². The fourth-order valence-electron chi connectivity index (χ4n) is 3.85. The Kier molecular flexibility index (Phi) is 6.41. The number of benzene rings is 1. The maximum Gasteiger partial charge on any atom is 0.149 e. The first-order valence-electron chi connectivity index (χ1n) is 10.1. The number of phenolic OH excluding ortho intramolecular Hbond substituents is 1. The molecule has 154 valence electrons. The van der Waals surface area contributed by atoms with Crippen LogP contribution in [0.25, 0.3) is 11.3 Å². The molecule has 0 saturated carbocycles. The van der Waals surface area contributed by atoms with E-state index in [9.17, 15) is 10.2 Å². The molecule has 29 heavy (non-hydrogen) atoms. The van der Waals surface area contributed by atoms with Gasteiger partial charge in [-0.2, -0.15) is 0 Å². The highest BCUT2D eigenvalue weighted by Gasteiger charge is 2.25. The predicted octanol–water partition coefficient (Wildman–Crippen LogP) is 3.18. The highest BCUT2D eigenvalue weighted by Crippen LogP contribution is 2.31. The molecule has 1 atom stereocenters. The second-order valence-corrected chi connectivity index (χ2v) is 8.40. The highest BCUT2D eigenvalue weighted by molar-refractivity contribution is 5.71. The van der Waals surface area contributed by atoms with Crippen molar-refractivity contribution in [1.82, 2.24) is 15.1 Å². The standard InChI is InChI=1S/C23H30N4O2/c1-5-7-17-9-10-19(20(28)13-17)22-16(2)12-21(25-26-22)24-18-8-6-11-27(14-18)15-23(3,4)29/h9-10,12-13,18,28-29H,6,8,11,14-15H2,1-4H3,(H,24,25)/t18-/m1/s1. The van der Waals surface area contributed by atoms with Gasteiger partial charge in [-0.15, -0.1) is 16.1 Å². The number of aromatic hydroxyl groups is 1. The topological polar surface area (TPSA) is 81.5 Å². The fraction of sp³-hybridized carbons (Fsp3) is 0.478. The Bertz CT molecular complexity index is 925. The Balaban J connectivity index is 1.72. The van der Waals surface area contributed by atoms with Gasteiger partial charge in [0.1, 0.15) is 11.6 Å². The first kappa shape index (κ1) is 21.1. The van der Waals surface area contributed by atoms with Gasteiger partial charge in [0.15, 0.2) is 0 Å². The number of aliphatic hydroxyl groups is 1. The Morgan fingerprint density at radius 1 is 1.28 bits per heavy atom. The van der Waals surface area contributed by atoms with Crippen LogP contribution in [-0.4, -0.2) is 56.6 Å². The van der Waals surface area contributed by atoms with Crippen molar-refractivity contribution in [3.63, 3.8) is 0 Å². The summed E-state index contributed by atoms with van der Waals surface area (Å²) in [5.41, 5.74) is 2.33. The van der Waals surface area contributed by atoms with Crippen molar-refractivity contribution in [3.05, 3.63) is 35.4 Å². The zero-order valence-electron chi connectivity index (χ0n) is 17.7. The average molecular weight is 395 g/mol. The van der Waals surface area contributed by atoms with Gasteiger partial charge in [0, 0.05) is 30.3 Å². The minimum absolute atomic E-state index is 0.151. The molecular weight excluding hydrogens is 364 g/mol. The lowest BCUT2D eigenvalue weighted by molar-refractivity contribution is 0.0286. The van der Waals surface area contributed by atoms with E-state index in [2.05, 4.69) is 32.3 Å². The van der Waals surface area contributed by atoms with Crippen LogP contribution in [0.3, 0.4) is 0 Å². The lowest BCUT2D eigenvalue weighted by Gasteiger charge is -2.36. The molecule has 6 nitrogen and oxygen atoms in total. The summed E-state index contributed by atoms with van der Waals surface area (Å²) in [5.74, 6) is 6.65. The van der Waals surface area contributed by atoms with Crippen molar-refractivity contribution in [2.24, 2.45) is 0 Å². The van der Waals surface area contributed by atoms with Crippen molar-refractivity contribution in [1.29, 1.82) is 0 Å². The third-order valence-electron chi connectivity index (χ3n) is 4.97. The second-order valence-electron chi connectivity index (χ2n) is 8.40. The van der Waals surface area contributed by atoms with E-state index in [1.807, 2.05) is 39.0 Å². The number of anilines is 1. The largest absolute Gasteiger partial charge is 0.507 e. The number of β-amino-alcohol motifs (C(OH)–C–C–N with tert-alkyl or cyclic N) is 1. The Morgan fingerprint density at radius 3 is 2.72 bits per heavy atom. The van der Waals surface area contributed by atoms with E-state index in [0.717, 1.165) is 42.9 Å². The van der Waals surface area contributed by atoms with Crippen LogP contribution >= 0.6 is 0 Å². The van der Waals surface area contributed by atoms with Crippen LogP contribution in [0, 0.1) is 18.8 Å². The molecule has 1 aliphatic rings. The van der Waals surface area contributed by atoms with Gasteiger partial charge in [-0.3, -0.25) is 4.90 Å². The predicted molar refractivity (Wildman–Crippen MR) is 116 cm³/mol. The molecule has 0 amide bonds. The monoisotopic (exact) mass is 394 g/mol. The SMILES string of the molecule is CC#Cc1ccc(-c2nnc(N[C@@H]3CCCN(CC(C)(C)O)C3)cc2C)c(O)c1. The summed E-state index contributed by atoms with van der Waals surface area (Å²) in [4.78, 5) is 2.29. The van der Waals surface area contributed by atoms with Crippen LogP contribution in [0.1, 0.15) is 44.7 Å². The number of aromatic nitrogens is 2. The zero-order chi connectivity index (χ0) is 21.0. The zero-order valence-corrected chi connectivity index (χ0v) is 17.7. The van der Waals surface area contributed by atoms with Crippen LogP contribution in [0.2, 0.25) is 0 Å². The van der Waals surface area contributed by atoms with E-state index in [-0.39, 0.29) is 11.8 Å². The summed E-state index contributed by atoms with van der Waals surface area (Å²) in [6.07, 6.45) is 2.14. The molecule has 3 rings (SSSR count). The summed E-state index contributed by atoms with van der Waals surface area (Å²) in [5, 5.41) is 32.6. The number of nitrogens with zero attached hydrogens (tertiary/aromatic N) is 3. The number of phenols is 1. The van der Waals surface area contributed by atoms with Crippen molar-refractivity contribution in [2.75, 3.05) is 25.0 Å². The molecule has 0 spiro atoms. The molecule has 2 aromatic rings. The summed E-state index contributed by atoms with van der Waals surface area (Å²) in [6.45, 7) is 9.95. The van der Waals surface area contributed by atoms with Gasteiger partial charge in [0.2, 0.25) is 0 Å². The summed E-state index contributed by atoms with van der Waals surface area (Å²) in [6, 6.07) is 7.59. The molecule has 6 heteroatoms. The van der Waals surface area contributed by atoms with Crippen LogP contribution in [0.5, 0.6) is 5.75 Å². The fourth-order valence-corrected chi connectivity index (χ4v) is 3.85. The number of likely N-dealkylation sites (tertiary alicyclic amines) is 1. The Hall–Kier alpha value is -2.62. The first-order chi connectivity index (χ1) is 13.7. The smallest absolute Gasteiger partial charge is 0.149 e. The molecule has 1 aliphatic heterocycles. The molecule has 1 fully saturated rings. The third kappa shape index (κ3) is 5.69. The maximum atomic E-state index is 10.4. The Morgan fingerprint density at radius 2 is 2.07 bits per heavy atom. The van der Waals surface area contributed by atoms with Gasteiger partial charge in [-0.1, -0.05) is 5.92 Å². The van der Waals surface area contributed by atoms with E-state index in [4.69, 9.17) is 0 Å². The van der Waals surface area contributed by atoms with E-state index in [0.29, 0.717) is 17.8 Å². The van der Waals surface area contributed by atoms with Gasteiger partial charge in [0.25, 0.3) is 0 Å². The quantitative estimate of drug-likeness (QED) is 0.676. The Labute approximate surface area is 173 Å². The van der Waals surface area contributed by atoms with Crippen molar-refractivity contribution >= 4 is 5.82 Å². The number of hydrogen-bond acceptors (Lipinski definition) is 6. The number of nitrogens with one attached hydrogen (secondary N) is 1. The summed E-state index contributed by atoms with van der Waals surface area (Å²) in [7, 11) is 0. The molecule has 0 unspecified atom stereocenters. The number of aryl methyl sites for hydroxylation is 1. The van der Waals surface area contributed by atoms with Gasteiger partial charge in [-0.25, -0.2) is 0 Å². The molecule has 3 N–H and O–H groups in total. The maximum absolute atomic E-state index is 10.4. The van der Waals surface area contributed by atoms with Crippen LogP contribution in [0.15, 0.2) is 24.3 Å². The lowest BCUT2D eigenvalue weighted by Crippen LogP contribution is -2.47. The molecule has 0 radical (unpaired) electrons. The minimum Gasteiger partial charge on any atom is -0.507 e. The van der Waals surface area contributed by atoms with E-state index in [1.165, 1.54) is 0 Å². The van der Waals surface area contributed by atoms with Crippen LogP contribution < -0.4 is 5.32 Å². The van der Waals surface area contributed by atoms with Gasteiger partial charge in [0.05, 0.1) is 11.3 Å². The van der Waals surface area contributed by atoms with Gasteiger partial charge < -0.3 is 15.5 Å². The molecule has 1 saturated heterocycles. The van der Waals surface area contributed by atoms with E-state index < -0.39 is 5.60 Å². The van der Waals surface area contributed by atoms with Crippen LogP contribution in [0.4, 0.5) is 5.82 Å². The number of piperidine rings is 1. The molecule has 1 aromatic heterocycles. The first-order valence-corrected chi connectivity index (χ1v) is 10.1. The number of rotatable bonds is 5. The molecule has 0 bridgehead atoms. The van der Waals surface area contributed by atoms with Gasteiger partial charge in [-0.05, 0) is 76.9 Å². The average Bonchev–Trinajstić information content (AvgIpc) is 2.62. The molecule has 0 aliphatic carbocycles. The minimum atomic E-state index is -0.694. The third-order valence-corrected chi connectivity index (χ3v) is 4.97. The van der Waals surface area contributed by atoms with E-state index >= 15 is 0 Å². The normalized spacial score (nSPS) is 17.5. The van der Waals surface area contributed by atoms with Gasteiger partial charge >= 0.3 is 0 Å². The second kappa shape index (κ2) is 8.81. The van der Waals surface area contributed by atoms with Crippen molar-refractivity contribution in [3.8, 4) is 28.8 Å². The lowest BCUT2D eigenvalue weighted by atomic mass is 10.0. The molecule has 2 heterocycles. The van der Waals surface area contributed by atoms with Crippen LogP contribution in [-0.2, 0) is 0 Å². The summed E-state index contributed by atoms with van der Waals surface area (Å²) >= 11 is 0. The van der Waals surface area contributed by atoms with Crippen molar-refractivity contribution < 1.29 is 10.2 Å². The number of hydrogen-bond donors (Lipinski definition) is 3. The van der Waals surface area contributed by atoms with Crippen molar-refractivity contribution in [2.45, 2.75) is 52.2 Å².